The Balaban J connectivity index is 1.74. The summed E-state index contributed by atoms with van der Waals surface area (Å²) in [7, 11) is 0. The van der Waals surface area contributed by atoms with Gasteiger partial charge >= 0.3 is 5.97 Å². The van der Waals surface area contributed by atoms with Crippen LogP contribution in [-0.2, 0) is 15.1 Å². The summed E-state index contributed by atoms with van der Waals surface area (Å²) in [6.45, 7) is 0. The summed E-state index contributed by atoms with van der Waals surface area (Å²) in [6, 6.07) is 32.6. The number of hydrogen-bond donors (Lipinski definition) is 0. The van der Waals surface area contributed by atoms with Gasteiger partial charge in [-0.3, -0.25) is 4.79 Å². The zero-order valence-corrected chi connectivity index (χ0v) is 21.2. The highest BCUT2D eigenvalue weighted by Gasteiger charge is 2.52. The van der Waals surface area contributed by atoms with Gasteiger partial charge in [0.05, 0.1) is 5.56 Å². The molecular weight excluding hydrogens is 503 g/mol. The van der Waals surface area contributed by atoms with E-state index in [-0.39, 0.29) is 12.2 Å². The smallest absolute Gasteiger partial charge is 0.339 e. The molecule has 5 heteroatoms. The molecule has 0 N–H and O–H groups in total. The molecule has 4 aromatic rings. The minimum Gasteiger partial charge on any atom is -0.437 e. The molecule has 0 radical (unpaired) electrons. The second kappa shape index (κ2) is 10.6. The summed E-state index contributed by atoms with van der Waals surface area (Å²) in [6.07, 6.45) is 3.88. The van der Waals surface area contributed by atoms with Crippen LogP contribution in [0.25, 0.3) is 11.6 Å². The monoisotopic (exact) mass is 524 g/mol. The molecule has 5 rings (SSSR count). The van der Waals surface area contributed by atoms with Crippen LogP contribution in [0.3, 0.4) is 0 Å². The molecule has 0 saturated carbocycles. The average molecular weight is 525 g/mol. The lowest BCUT2D eigenvalue weighted by molar-refractivity contribution is -0.133. The fourth-order valence-electron chi connectivity index (χ4n) is 4.56. The van der Waals surface area contributed by atoms with Crippen molar-refractivity contribution < 1.29 is 14.3 Å². The van der Waals surface area contributed by atoms with E-state index in [1.807, 2.05) is 60.7 Å². The summed E-state index contributed by atoms with van der Waals surface area (Å²) in [5.74, 6) is -0.830. The second-order valence-electron chi connectivity index (χ2n) is 8.69. The Labute approximate surface area is 225 Å². The number of rotatable bonds is 6. The summed E-state index contributed by atoms with van der Waals surface area (Å²) < 4.78 is 6.23. The zero-order valence-electron chi connectivity index (χ0n) is 19.7. The van der Waals surface area contributed by atoms with Crippen LogP contribution < -0.4 is 0 Å². The molecule has 0 unspecified atom stereocenters. The lowest BCUT2D eigenvalue weighted by Gasteiger charge is -2.30. The quantitative estimate of drug-likeness (QED) is 0.239. The van der Waals surface area contributed by atoms with Gasteiger partial charge < -0.3 is 4.74 Å². The first-order chi connectivity index (χ1) is 18.0. The first-order valence-electron chi connectivity index (χ1n) is 11.8. The maximum atomic E-state index is 14.0. The standard InChI is InChI=1S/C32H22Cl2O3/c33-26-16-12-23(13-17-26)28-21-30(35)32(25-14-18-27(34)19-15-25,37-31(36)24-9-5-2-6-10-24)29(28)20-11-22-7-3-1-4-8-22/h1-20H,21H2/b20-11+/t32-/m1/s1. The fraction of sp³-hybridized carbons (Fsp3) is 0.0625. The summed E-state index contributed by atoms with van der Waals surface area (Å²) in [5.41, 5.74) is 2.37. The van der Waals surface area contributed by atoms with Crippen molar-refractivity contribution in [1.82, 2.24) is 0 Å². The molecule has 0 bridgehead atoms. The number of carbonyl (C=O) groups excluding carboxylic acids is 2. The largest absolute Gasteiger partial charge is 0.437 e. The van der Waals surface area contributed by atoms with Crippen LogP contribution in [0.5, 0.6) is 0 Å². The molecule has 1 aliphatic rings. The molecule has 1 atom stereocenters. The third-order valence-corrected chi connectivity index (χ3v) is 6.88. The van der Waals surface area contributed by atoms with Crippen LogP contribution in [-0.4, -0.2) is 11.8 Å². The lowest BCUT2D eigenvalue weighted by atomic mass is 9.84. The summed E-state index contributed by atoms with van der Waals surface area (Å²) >= 11 is 12.3. The van der Waals surface area contributed by atoms with Gasteiger partial charge in [-0.1, -0.05) is 108 Å². The van der Waals surface area contributed by atoms with E-state index in [0.717, 1.165) is 16.7 Å². The van der Waals surface area contributed by atoms with Crippen molar-refractivity contribution in [3.63, 3.8) is 0 Å². The van der Waals surface area contributed by atoms with Gasteiger partial charge in [0.2, 0.25) is 5.60 Å². The van der Waals surface area contributed by atoms with E-state index < -0.39 is 11.6 Å². The average Bonchev–Trinajstić information content (AvgIpc) is 3.20. The van der Waals surface area contributed by atoms with Crippen LogP contribution in [0.4, 0.5) is 0 Å². The van der Waals surface area contributed by atoms with Gasteiger partial charge in [0, 0.05) is 27.6 Å². The molecule has 3 nitrogen and oxygen atoms in total. The molecule has 1 aliphatic carbocycles. The number of ketones is 1. The maximum absolute atomic E-state index is 14.0. The van der Waals surface area contributed by atoms with Gasteiger partial charge in [0.1, 0.15) is 0 Å². The van der Waals surface area contributed by atoms with Gasteiger partial charge in [0.25, 0.3) is 0 Å². The number of allylic oxidation sites excluding steroid dienone is 1. The van der Waals surface area contributed by atoms with Crippen molar-refractivity contribution in [2.24, 2.45) is 0 Å². The highest BCUT2D eigenvalue weighted by molar-refractivity contribution is 6.31. The Hall–Kier alpha value is -3.92. The molecule has 182 valence electrons. The van der Waals surface area contributed by atoms with Crippen molar-refractivity contribution in [3.8, 4) is 0 Å². The Morgan fingerprint density at radius 2 is 1.30 bits per heavy atom. The number of hydrogen-bond acceptors (Lipinski definition) is 3. The van der Waals surface area contributed by atoms with E-state index >= 15 is 0 Å². The van der Waals surface area contributed by atoms with Crippen molar-refractivity contribution in [2.45, 2.75) is 12.0 Å². The molecule has 0 spiro atoms. The highest BCUT2D eigenvalue weighted by atomic mass is 35.5. The first-order valence-corrected chi connectivity index (χ1v) is 12.5. The molecule has 0 aliphatic heterocycles. The summed E-state index contributed by atoms with van der Waals surface area (Å²) in [5, 5.41) is 1.11. The molecule has 0 fully saturated rings. The molecule has 0 saturated heterocycles. The summed E-state index contributed by atoms with van der Waals surface area (Å²) in [4.78, 5) is 27.4. The number of Topliss-reactive ketones (excluding diaryl/α,β-unsaturated/α-hetero) is 1. The third kappa shape index (κ3) is 5.01. The van der Waals surface area contributed by atoms with Crippen molar-refractivity contribution in [2.75, 3.05) is 0 Å². The number of ether oxygens (including phenoxy) is 1. The Kier molecular flexibility index (Phi) is 7.09. The van der Waals surface area contributed by atoms with E-state index in [9.17, 15) is 9.59 Å². The van der Waals surface area contributed by atoms with E-state index in [2.05, 4.69) is 0 Å². The molecular formula is C32H22Cl2O3. The Morgan fingerprint density at radius 3 is 1.92 bits per heavy atom. The third-order valence-electron chi connectivity index (χ3n) is 6.38. The van der Waals surface area contributed by atoms with Gasteiger partial charge in [-0.05, 0) is 53.1 Å². The first kappa shape index (κ1) is 24.8. The predicted octanol–water partition coefficient (Wildman–Crippen LogP) is 8.19. The Morgan fingerprint density at radius 1 is 0.730 bits per heavy atom. The lowest BCUT2D eigenvalue weighted by Crippen LogP contribution is -2.39. The fourth-order valence-corrected chi connectivity index (χ4v) is 4.81. The van der Waals surface area contributed by atoms with Gasteiger partial charge in [-0.15, -0.1) is 0 Å². The minimum absolute atomic E-state index is 0.0841. The van der Waals surface area contributed by atoms with Crippen molar-refractivity contribution >= 4 is 46.6 Å². The molecule has 37 heavy (non-hydrogen) atoms. The molecule has 0 aromatic heterocycles. The van der Waals surface area contributed by atoms with Gasteiger partial charge in [-0.2, -0.15) is 0 Å². The molecule has 0 amide bonds. The maximum Gasteiger partial charge on any atom is 0.339 e. The van der Waals surface area contributed by atoms with Crippen molar-refractivity contribution in [1.29, 1.82) is 0 Å². The highest BCUT2D eigenvalue weighted by Crippen LogP contribution is 2.49. The number of carbonyl (C=O) groups is 2. The zero-order chi connectivity index (χ0) is 25.8. The van der Waals surface area contributed by atoms with E-state index in [4.69, 9.17) is 27.9 Å². The van der Waals surface area contributed by atoms with Gasteiger partial charge in [0.15, 0.2) is 5.78 Å². The topological polar surface area (TPSA) is 43.4 Å². The SMILES string of the molecule is O=C(O[C@@]1(c2ccc(Cl)cc2)C(=O)CC(c2ccc(Cl)cc2)=C1/C=C/c1ccccc1)c1ccccc1. The van der Waals surface area contributed by atoms with Crippen molar-refractivity contribution in [3.05, 3.63) is 153 Å². The van der Waals surface area contributed by atoms with E-state index in [1.54, 1.807) is 60.7 Å². The Bertz CT molecular complexity index is 1490. The minimum atomic E-state index is -1.65. The van der Waals surface area contributed by atoms with Crippen LogP contribution in [0.1, 0.15) is 33.5 Å². The van der Waals surface area contributed by atoms with Crippen LogP contribution in [0.15, 0.2) is 121 Å². The van der Waals surface area contributed by atoms with Crippen LogP contribution in [0.2, 0.25) is 10.0 Å². The molecule has 0 heterocycles. The van der Waals surface area contributed by atoms with Gasteiger partial charge in [-0.25, -0.2) is 4.79 Å². The number of esters is 1. The predicted molar refractivity (Wildman–Crippen MR) is 148 cm³/mol. The molecule has 4 aromatic carbocycles. The van der Waals surface area contributed by atoms with Crippen LogP contribution >= 0.6 is 23.2 Å². The second-order valence-corrected chi connectivity index (χ2v) is 9.56. The van der Waals surface area contributed by atoms with Crippen LogP contribution in [0, 0.1) is 0 Å². The van der Waals surface area contributed by atoms with E-state index in [0.29, 0.717) is 26.7 Å². The normalized spacial score (nSPS) is 17.4. The number of benzene rings is 4. The number of halogens is 2. The van der Waals surface area contributed by atoms with E-state index in [1.165, 1.54) is 0 Å².